The molecule has 0 atom stereocenters. The summed E-state index contributed by atoms with van der Waals surface area (Å²) in [5.41, 5.74) is 2.96. The zero-order valence-electron chi connectivity index (χ0n) is 11.8. The van der Waals surface area contributed by atoms with Crippen molar-refractivity contribution < 1.29 is 0 Å². The molecule has 0 aromatic heterocycles. The van der Waals surface area contributed by atoms with E-state index < -0.39 is 0 Å². The van der Waals surface area contributed by atoms with Crippen LogP contribution in [-0.4, -0.2) is 0 Å². The van der Waals surface area contributed by atoms with Crippen molar-refractivity contribution in [1.29, 1.82) is 5.26 Å². The third-order valence-electron chi connectivity index (χ3n) is 4.20. The summed E-state index contributed by atoms with van der Waals surface area (Å²) in [6, 6.07) is 11.3. The lowest BCUT2D eigenvalue weighted by Crippen LogP contribution is -2.11. The highest BCUT2D eigenvalue weighted by Crippen LogP contribution is 2.36. The second-order valence-corrected chi connectivity index (χ2v) is 5.59. The molecule has 0 radical (unpaired) electrons. The molecule has 1 aliphatic rings. The summed E-state index contributed by atoms with van der Waals surface area (Å²) in [6.45, 7) is 2.23. The standard InChI is InChI=1S/C18H23N/c1-2-4-15-6-10-17(11-7-15)18-12-8-16(9-13-18)5-3-14-19/h3,5-7,10-11,16,18H,2,4,8-9,12-13H2,1H3/b5-3+. The molecule has 2 rings (SSSR count). The zero-order chi connectivity index (χ0) is 13.5. The topological polar surface area (TPSA) is 23.8 Å². The highest BCUT2D eigenvalue weighted by Gasteiger charge is 2.20. The number of hydrogen-bond acceptors (Lipinski definition) is 1. The van der Waals surface area contributed by atoms with Crippen molar-refractivity contribution in [2.24, 2.45) is 5.92 Å². The van der Waals surface area contributed by atoms with E-state index in [0.29, 0.717) is 5.92 Å². The molecular formula is C18H23N. The lowest BCUT2D eigenvalue weighted by molar-refractivity contribution is 0.376. The minimum Gasteiger partial charge on any atom is -0.193 e. The second kappa shape index (κ2) is 7.14. The number of nitrogens with zero attached hydrogens (tertiary/aromatic N) is 1. The van der Waals surface area contributed by atoms with Gasteiger partial charge >= 0.3 is 0 Å². The first-order valence-electron chi connectivity index (χ1n) is 7.48. The number of benzene rings is 1. The largest absolute Gasteiger partial charge is 0.193 e. The maximum absolute atomic E-state index is 8.56. The quantitative estimate of drug-likeness (QED) is 0.693. The predicted octanol–water partition coefficient (Wildman–Crippen LogP) is 4.99. The third-order valence-corrected chi connectivity index (χ3v) is 4.20. The summed E-state index contributed by atoms with van der Waals surface area (Å²) in [5.74, 6) is 1.35. The van der Waals surface area contributed by atoms with Gasteiger partial charge in [-0.3, -0.25) is 0 Å². The van der Waals surface area contributed by atoms with Crippen LogP contribution in [0.5, 0.6) is 0 Å². The van der Waals surface area contributed by atoms with Gasteiger partial charge in [0.1, 0.15) is 0 Å². The summed E-state index contributed by atoms with van der Waals surface area (Å²) in [7, 11) is 0. The normalized spacial score (nSPS) is 23.4. The van der Waals surface area contributed by atoms with Crippen LogP contribution in [-0.2, 0) is 6.42 Å². The van der Waals surface area contributed by atoms with Gasteiger partial charge in [0.2, 0.25) is 0 Å². The van der Waals surface area contributed by atoms with Crippen LogP contribution >= 0.6 is 0 Å². The first-order valence-corrected chi connectivity index (χ1v) is 7.48. The maximum Gasteiger partial charge on any atom is 0.0908 e. The van der Waals surface area contributed by atoms with Crippen LogP contribution in [0.3, 0.4) is 0 Å². The van der Waals surface area contributed by atoms with Crippen molar-refractivity contribution in [1.82, 2.24) is 0 Å². The highest BCUT2D eigenvalue weighted by atomic mass is 14.3. The molecule has 1 aromatic rings. The molecule has 1 aromatic carbocycles. The minimum absolute atomic E-state index is 0.621. The first kappa shape index (κ1) is 13.9. The average molecular weight is 253 g/mol. The fourth-order valence-corrected chi connectivity index (χ4v) is 3.07. The van der Waals surface area contributed by atoms with Gasteiger partial charge < -0.3 is 0 Å². The van der Waals surface area contributed by atoms with E-state index in [1.807, 2.05) is 0 Å². The molecule has 0 unspecified atom stereocenters. The van der Waals surface area contributed by atoms with Crippen LogP contribution < -0.4 is 0 Å². The van der Waals surface area contributed by atoms with Crippen LogP contribution in [0.25, 0.3) is 0 Å². The zero-order valence-corrected chi connectivity index (χ0v) is 11.8. The molecule has 0 spiro atoms. The molecule has 1 aliphatic carbocycles. The van der Waals surface area contributed by atoms with E-state index in [1.54, 1.807) is 6.08 Å². The maximum atomic E-state index is 8.56. The Bertz CT molecular complexity index is 442. The highest BCUT2D eigenvalue weighted by molar-refractivity contribution is 5.26. The summed E-state index contributed by atoms with van der Waals surface area (Å²) in [4.78, 5) is 0. The Kier molecular flexibility index (Phi) is 5.21. The van der Waals surface area contributed by atoms with E-state index in [4.69, 9.17) is 5.26 Å². The molecule has 0 bridgehead atoms. The molecule has 1 heteroatoms. The van der Waals surface area contributed by atoms with Gasteiger partial charge in [-0.1, -0.05) is 43.7 Å². The van der Waals surface area contributed by atoms with Gasteiger partial charge in [-0.05, 0) is 55.1 Å². The van der Waals surface area contributed by atoms with Crippen LogP contribution in [0.4, 0.5) is 0 Å². The van der Waals surface area contributed by atoms with Crippen LogP contribution in [0.2, 0.25) is 0 Å². The number of hydrogen-bond donors (Lipinski definition) is 0. The van der Waals surface area contributed by atoms with Gasteiger partial charge in [-0.25, -0.2) is 0 Å². The van der Waals surface area contributed by atoms with Gasteiger partial charge in [0, 0.05) is 6.08 Å². The van der Waals surface area contributed by atoms with E-state index in [2.05, 4.69) is 43.3 Å². The molecule has 0 N–H and O–H groups in total. The van der Waals surface area contributed by atoms with E-state index in [1.165, 1.54) is 49.7 Å². The SMILES string of the molecule is CCCc1ccc(C2CCC(/C=C/C#N)CC2)cc1. The fraction of sp³-hybridized carbons (Fsp3) is 0.500. The lowest BCUT2D eigenvalue weighted by Gasteiger charge is -2.27. The van der Waals surface area contributed by atoms with Crippen LogP contribution in [0.15, 0.2) is 36.4 Å². The Hall–Kier alpha value is -1.55. The van der Waals surface area contributed by atoms with Crippen molar-refractivity contribution in [2.45, 2.75) is 51.4 Å². The molecule has 0 heterocycles. The smallest absolute Gasteiger partial charge is 0.0908 e. The number of allylic oxidation sites excluding steroid dienone is 2. The molecule has 1 saturated carbocycles. The predicted molar refractivity (Wildman–Crippen MR) is 79.9 cm³/mol. The van der Waals surface area contributed by atoms with Crippen LogP contribution in [0, 0.1) is 17.2 Å². The van der Waals surface area contributed by atoms with Gasteiger partial charge in [-0.2, -0.15) is 5.26 Å². The fourth-order valence-electron chi connectivity index (χ4n) is 3.07. The van der Waals surface area contributed by atoms with Gasteiger partial charge in [-0.15, -0.1) is 0 Å². The van der Waals surface area contributed by atoms with Crippen molar-refractivity contribution in [3.63, 3.8) is 0 Å². The van der Waals surface area contributed by atoms with E-state index in [0.717, 1.165) is 5.92 Å². The van der Waals surface area contributed by atoms with Crippen molar-refractivity contribution >= 4 is 0 Å². The Morgan fingerprint density at radius 1 is 1.16 bits per heavy atom. The van der Waals surface area contributed by atoms with Gasteiger partial charge in [0.25, 0.3) is 0 Å². The molecule has 1 fully saturated rings. The number of rotatable bonds is 4. The summed E-state index contributed by atoms with van der Waals surface area (Å²) in [5, 5.41) is 8.56. The Labute approximate surface area is 117 Å². The molecule has 1 nitrogen and oxygen atoms in total. The molecule has 0 aliphatic heterocycles. The summed E-state index contributed by atoms with van der Waals surface area (Å²) >= 11 is 0. The van der Waals surface area contributed by atoms with Crippen molar-refractivity contribution in [2.75, 3.05) is 0 Å². The third kappa shape index (κ3) is 3.96. The first-order chi connectivity index (χ1) is 9.33. The molecule has 19 heavy (non-hydrogen) atoms. The van der Waals surface area contributed by atoms with Crippen molar-refractivity contribution in [3.05, 3.63) is 47.5 Å². The Morgan fingerprint density at radius 3 is 2.42 bits per heavy atom. The van der Waals surface area contributed by atoms with E-state index in [9.17, 15) is 0 Å². The van der Waals surface area contributed by atoms with Crippen molar-refractivity contribution in [3.8, 4) is 6.07 Å². The lowest BCUT2D eigenvalue weighted by atomic mass is 9.78. The van der Waals surface area contributed by atoms with Gasteiger partial charge in [0.05, 0.1) is 6.07 Å². The summed E-state index contributed by atoms with van der Waals surface area (Å²) < 4.78 is 0. The minimum atomic E-state index is 0.621. The second-order valence-electron chi connectivity index (χ2n) is 5.59. The monoisotopic (exact) mass is 253 g/mol. The number of aryl methyl sites for hydroxylation is 1. The van der Waals surface area contributed by atoms with E-state index in [-0.39, 0.29) is 0 Å². The van der Waals surface area contributed by atoms with Crippen LogP contribution in [0.1, 0.15) is 56.1 Å². The molecular weight excluding hydrogens is 230 g/mol. The average Bonchev–Trinajstić information content (AvgIpc) is 2.47. The number of nitriles is 1. The summed E-state index contributed by atoms with van der Waals surface area (Å²) in [6.07, 6.45) is 11.1. The molecule has 100 valence electrons. The Balaban J connectivity index is 1.90. The van der Waals surface area contributed by atoms with Gasteiger partial charge in [0.15, 0.2) is 0 Å². The molecule has 0 amide bonds. The Morgan fingerprint density at radius 2 is 1.84 bits per heavy atom. The van der Waals surface area contributed by atoms with E-state index >= 15 is 0 Å². The molecule has 0 saturated heterocycles.